The van der Waals surface area contributed by atoms with E-state index in [0.717, 1.165) is 16.3 Å². The normalized spacial score (nSPS) is 16.6. The second-order valence-electron chi connectivity index (χ2n) is 5.92. The van der Waals surface area contributed by atoms with Gasteiger partial charge in [-0.25, -0.2) is 0 Å². The van der Waals surface area contributed by atoms with Gasteiger partial charge < -0.3 is 15.0 Å². The molecular formula is C19H19ClN2O3S. The van der Waals surface area contributed by atoms with Crippen LogP contribution in [-0.2, 0) is 9.59 Å². The molecule has 5 nitrogen and oxygen atoms in total. The summed E-state index contributed by atoms with van der Waals surface area (Å²) < 4.78 is 5.18. The molecule has 0 unspecified atom stereocenters. The van der Waals surface area contributed by atoms with E-state index in [9.17, 15) is 9.59 Å². The highest BCUT2D eigenvalue weighted by Crippen LogP contribution is 2.25. The number of amides is 2. The Balaban J connectivity index is 1.52. The average Bonchev–Trinajstić information content (AvgIpc) is 3.00. The van der Waals surface area contributed by atoms with Crippen LogP contribution in [0.25, 0.3) is 0 Å². The summed E-state index contributed by atoms with van der Waals surface area (Å²) in [6, 6.07) is 14.5. The molecular weight excluding hydrogens is 372 g/mol. The van der Waals surface area contributed by atoms with Gasteiger partial charge in [-0.1, -0.05) is 23.7 Å². The number of halogens is 1. The summed E-state index contributed by atoms with van der Waals surface area (Å²) >= 11 is 7.43. The maximum Gasteiger partial charge on any atom is 0.230 e. The van der Waals surface area contributed by atoms with Crippen molar-refractivity contribution in [3.8, 4) is 5.75 Å². The van der Waals surface area contributed by atoms with Gasteiger partial charge in [0, 0.05) is 28.6 Å². The molecule has 26 heavy (non-hydrogen) atoms. The Hall–Kier alpha value is -2.18. The third kappa shape index (κ3) is 4.71. The lowest BCUT2D eigenvalue weighted by molar-refractivity contribution is -0.119. The maximum absolute atomic E-state index is 12.2. The van der Waals surface area contributed by atoms with Crippen molar-refractivity contribution in [1.82, 2.24) is 5.32 Å². The monoisotopic (exact) mass is 390 g/mol. The second kappa shape index (κ2) is 8.47. The van der Waals surface area contributed by atoms with Gasteiger partial charge in [0.05, 0.1) is 18.9 Å². The lowest BCUT2D eigenvalue weighted by Gasteiger charge is -2.17. The van der Waals surface area contributed by atoms with Crippen LogP contribution >= 0.6 is 23.4 Å². The summed E-state index contributed by atoms with van der Waals surface area (Å²) in [6.07, 6.45) is 0.294. The van der Waals surface area contributed by atoms with Crippen molar-refractivity contribution in [2.45, 2.75) is 17.4 Å². The molecule has 0 saturated carbocycles. The van der Waals surface area contributed by atoms with Crippen molar-refractivity contribution in [2.24, 2.45) is 0 Å². The molecule has 3 rings (SSSR count). The summed E-state index contributed by atoms with van der Waals surface area (Å²) in [7, 11) is 1.61. The topological polar surface area (TPSA) is 58.6 Å². The Kier molecular flexibility index (Phi) is 6.06. The van der Waals surface area contributed by atoms with Crippen LogP contribution in [0.2, 0.25) is 5.02 Å². The molecule has 7 heteroatoms. The van der Waals surface area contributed by atoms with E-state index in [1.54, 1.807) is 24.1 Å². The van der Waals surface area contributed by atoms with E-state index in [2.05, 4.69) is 5.32 Å². The Morgan fingerprint density at radius 3 is 2.88 bits per heavy atom. The first-order valence-corrected chi connectivity index (χ1v) is 9.53. The van der Waals surface area contributed by atoms with Crippen molar-refractivity contribution in [3.05, 3.63) is 53.6 Å². The van der Waals surface area contributed by atoms with Gasteiger partial charge in [0.15, 0.2) is 0 Å². The van der Waals surface area contributed by atoms with Crippen molar-refractivity contribution >= 4 is 40.9 Å². The van der Waals surface area contributed by atoms with Gasteiger partial charge in [-0.15, -0.1) is 11.8 Å². The number of nitrogens with zero attached hydrogens (tertiary/aromatic N) is 1. The third-order valence-electron chi connectivity index (χ3n) is 4.02. The summed E-state index contributed by atoms with van der Waals surface area (Å²) in [5.74, 6) is 0.935. The Morgan fingerprint density at radius 1 is 1.31 bits per heavy atom. The number of rotatable bonds is 6. The first-order chi connectivity index (χ1) is 12.5. The van der Waals surface area contributed by atoms with E-state index in [-0.39, 0.29) is 23.6 Å². The molecule has 1 atom stereocenters. The van der Waals surface area contributed by atoms with Crippen molar-refractivity contribution in [2.75, 3.05) is 24.3 Å². The van der Waals surface area contributed by atoms with E-state index in [4.69, 9.17) is 16.3 Å². The predicted molar refractivity (Wildman–Crippen MR) is 104 cm³/mol. The van der Waals surface area contributed by atoms with Gasteiger partial charge >= 0.3 is 0 Å². The number of thioether (sulfide) groups is 1. The number of nitrogens with one attached hydrogen (secondary N) is 1. The van der Waals surface area contributed by atoms with Crippen LogP contribution in [0.5, 0.6) is 5.75 Å². The van der Waals surface area contributed by atoms with Gasteiger partial charge in [0.2, 0.25) is 11.8 Å². The summed E-state index contributed by atoms with van der Waals surface area (Å²) in [5.41, 5.74) is 0.755. The van der Waals surface area contributed by atoms with Crippen LogP contribution in [0, 0.1) is 0 Å². The Morgan fingerprint density at radius 2 is 2.12 bits per heavy atom. The minimum absolute atomic E-state index is 0.0157. The molecule has 0 aliphatic carbocycles. The van der Waals surface area contributed by atoms with Gasteiger partial charge in [-0.2, -0.15) is 0 Å². The zero-order valence-electron chi connectivity index (χ0n) is 14.3. The third-order valence-corrected chi connectivity index (χ3v) is 5.25. The number of anilines is 1. The maximum atomic E-state index is 12.2. The quantitative estimate of drug-likeness (QED) is 0.768. The number of hydrogen-bond donors (Lipinski definition) is 1. The highest BCUT2D eigenvalue weighted by molar-refractivity contribution is 8.00. The fourth-order valence-electron chi connectivity index (χ4n) is 2.81. The zero-order valence-corrected chi connectivity index (χ0v) is 15.8. The van der Waals surface area contributed by atoms with Crippen LogP contribution in [-0.4, -0.2) is 37.3 Å². The van der Waals surface area contributed by atoms with Crippen LogP contribution in [0.1, 0.15) is 6.42 Å². The second-order valence-corrected chi connectivity index (χ2v) is 7.41. The Labute approximate surface area is 161 Å². The molecule has 1 N–H and O–H groups in total. The van der Waals surface area contributed by atoms with E-state index in [0.29, 0.717) is 18.0 Å². The fourth-order valence-corrected chi connectivity index (χ4v) is 3.75. The molecule has 136 valence electrons. The summed E-state index contributed by atoms with van der Waals surface area (Å²) in [4.78, 5) is 27.1. The highest BCUT2D eigenvalue weighted by atomic mass is 35.5. The van der Waals surface area contributed by atoms with E-state index in [1.165, 1.54) is 11.8 Å². The van der Waals surface area contributed by atoms with Gasteiger partial charge in [-0.05, 0) is 36.4 Å². The number of ether oxygens (including phenoxy) is 1. The number of carbonyl (C=O) groups is 2. The molecule has 0 bridgehead atoms. The molecule has 0 aromatic heterocycles. The Bertz CT molecular complexity index is 815. The molecule has 1 fully saturated rings. The molecule has 2 aromatic carbocycles. The van der Waals surface area contributed by atoms with Crippen molar-refractivity contribution < 1.29 is 14.3 Å². The minimum Gasteiger partial charge on any atom is -0.497 e. The van der Waals surface area contributed by atoms with Crippen molar-refractivity contribution in [3.63, 3.8) is 0 Å². The van der Waals surface area contributed by atoms with Crippen molar-refractivity contribution in [1.29, 1.82) is 0 Å². The van der Waals surface area contributed by atoms with Gasteiger partial charge in [0.25, 0.3) is 0 Å². The molecule has 0 spiro atoms. The molecule has 1 heterocycles. The minimum atomic E-state index is -0.195. The van der Waals surface area contributed by atoms with Gasteiger partial charge in [0.1, 0.15) is 5.75 Å². The van der Waals surface area contributed by atoms with Crippen LogP contribution in [0.3, 0.4) is 0 Å². The highest BCUT2D eigenvalue weighted by Gasteiger charge is 2.31. The van der Waals surface area contributed by atoms with E-state index < -0.39 is 0 Å². The first kappa shape index (κ1) is 18.6. The molecule has 2 aromatic rings. The van der Waals surface area contributed by atoms with Crippen LogP contribution in [0.4, 0.5) is 5.69 Å². The number of benzene rings is 2. The number of carbonyl (C=O) groups excluding carboxylic acids is 2. The van der Waals surface area contributed by atoms with Gasteiger partial charge in [-0.3, -0.25) is 9.59 Å². The number of hydrogen-bond acceptors (Lipinski definition) is 4. The first-order valence-electron chi connectivity index (χ1n) is 8.17. The van der Waals surface area contributed by atoms with E-state index >= 15 is 0 Å². The number of methoxy groups -OCH3 is 1. The predicted octanol–water partition coefficient (Wildman–Crippen LogP) is 3.36. The standard InChI is InChI=1S/C19H19ClN2O3S/c1-25-16-6-3-7-17(10-16)26-12-18(23)21-14-9-19(24)22(11-14)15-5-2-4-13(20)8-15/h2-8,10,14H,9,11-12H2,1H3,(H,21,23)/t14-/m0/s1. The molecule has 1 aliphatic heterocycles. The SMILES string of the molecule is COc1cccc(SCC(=O)N[C@H]2CC(=O)N(c3cccc(Cl)c3)C2)c1. The fraction of sp³-hybridized carbons (Fsp3) is 0.263. The summed E-state index contributed by atoms with van der Waals surface area (Å²) in [6.45, 7) is 0.453. The smallest absolute Gasteiger partial charge is 0.230 e. The molecule has 2 amide bonds. The molecule has 1 aliphatic rings. The lowest BCUT2D eigenvalue weighted by Crippen LogP contribution is -2.38. The molecule has 0 radical (unpaired) electrons. The molecule has 1 saturated heterocycles. The largest absolute Gasteiger partial charge is 0.497 e. The van der Waals surface area contributed by atoms with Crippen LogP contribution in [0.15, 0.2) is 53.4 Å². The van der Waals surface area contributed by atoms with Crippen LogP contribution < -0.4 is 15.0 Å². The van der Waals surface area contributed by atoms with E-state index in [1.807, 2.05) is 36.4 Å². The average molecular weight is 391 g/mol. The lowest BCUT2D eigenvalue weighted by atomic mass is 10.2. The zero-order chi connectivity index (χ0) is 18.5. The summed E-state index contributed by atoms with van der Waals surface area (Å²) in [5, 5.41) is 3.52.